The number of hydrogen-bond acceptors (Lipinski definition) is 4. The maximum atomic E-state index is 12.4. The summed E-state index contributed by atoms with van der Waals surface area (Å²) in [6.07, 6.45) is 3.10. The molecule has 2 aromatic carbocycles. The van der Waals surface area contributed by atoms with Crippen LogP contribution in [0.25, 0.3) is 6.08 Å². The first-order chi connectivity index (χ1) is 13.6. The molecule has 0 unspecified atom stereocenters. The van der Waals surface area contributed by atoms with E-state index in [9.17, 15) is 9.59 Å². The molecule has 0 saturated heterocycles. The van der Waals surface area contributed by atoms with Crippen LogP contribution in [0.4, 0.5) is 5.69 Å². The van der Waals surface area contributed by atoms with Crippen molar-refractivity contribution in [2.75, 3.05) is 25.0 Å². The summed E-state index contributed by atoms with van der Waals surface area (Å²) in [6.45, 7) is 5.12. The molecule has 2 amide bonds. The van der Waals surface area contributed by atoms with Gasteiger partial charge >= 0.3 is 0 Å². The number of carbonyl (C=O) groups excluding carboxylic acids is 2. The third-order valence-corrected chi connectivity index (χ3v) is 4.04. The van der Waals surface area contributed by atoms with Gasteiger partial charge < -0.3 is 15.0 Å². The molecule has 28 heavy (non-hydrogen) atoms. The van der Waals surface area contributed by atoms with Crippen molar-refractivity contribution < 1.29 is 14.3 Å². The molecule has 0 fully saturated rings. The lowest BCUT2D eigenvalue weighted by atomic mass is 10.1. The van der Waals surface area contributed by atoms with E-state index in [2.05, 4.69) is 5.32 Å². The van der Waals surface area contributed by atoms with E-state index in [0.29, 0.717) is 30.1 Å². The summed E-state index contributed by atoms with van der Waals surface area (Å²) in [5, 5.41) is 11.3. The van der Waals surface area contributed by atoms with Gasteiger partial charge in [-0.15, -0.1) is 0 Å². The molecule has 0 aliphatic carbocycles. The summed E-state index contributed by atoms with van der Waals surface area (Å²) >= 11 is 0. The predicted molar refractivity (Wildman–Crippen MR) is 109 cm³/mol. The van der Waals surface area contributed by atoms with Gasteiger partial charge in [0.05, 0.1) is 0 Å². The Morgan fingerprint density at radius 2 is 1.86 bits per heavy atom. The molecular formula is C22H23N3O3. The highest BCUT2D eigenvalue weighted by Gasteiger charge is 2.12. The first-order valence-corrected chi connectivity index (χ1v) is 9.05. The maximum absolute atomic E-state index is 12.4. The Labute approximate surface area is 165 Å². The monoisotopic (exact) mass is 377 g/mol. The lowest BCUT2D eigenvalue weighted by Gasteiger charge is -2.18. The first-order valence-electron chi connectivity index (χ1n) is 9.05. The second-order valence-corrected chi connectivity index (χ2v) is 5.90. The van der Waals surface area contributed by atoms with E-state index in [4.69, 9.17) is 10.00 Å². The minimum absolute atomic E-state index is 0.00652. The van der Waals surface area contributed by atoms with Gasteiger partial charge in [0.25, 0.3) is 5.91 Å². The van der Waals surface area contributed by atoms with Gasteiger partial charge in [-0.05, 0) is 55.8 Å². The zero-order valence-corrected chi connectivity index (χ0v) is 16.0. The van der Waals surface area contributed by atoms with E-state index in [1.165, 1.54) is 6.08 Å². The normalized spacial score (nSPS) is 10.3. The average Bonchev–Trinajstić information content (AvgIpc) is 2.72. The van der Waals surface area contributed by atoms with Gasteiger partial charge in [-0.2, -0.15) is 5.26 Å². The van der Waals surface area contributed by atoms with Crippen LogP contribution in [0.15, 0.2) is 54.6 Å². The lowest BCUT2D eigenvalue weighted by molar-refractivity contribution is -0.111. The molecule has 2 rings (SSSR count). The maximum Gasteiger partial charge on any atom is 0.253 e. The molecule has 0 atom stereocenters. The van der Waals surface area contributed by atoms with Crippen LogP contribution in [-0.2, 0) is 4.79 Å². The summed E-state index contributed by atoms with van der Waals surface area (Å²) in [4.78, 5) is 26.3. The Morgan fingerprint density at radius 1 is 1.14 bits per heavy atom. The smallest absolute Gasteiger partial charge is 0.253 e. The molecule has 0 heterocycles. The Balaban J connectivity index is 1.99. The zero-order valence-electron chi connectivity index (χ0n) is 16.0. The van der Waals surface area contributed by atoms with Crippen molar-refractivity contribution >= 4 is 23.6 Å². The Morgan fingerprint density at radius 3 is 2.50 bits per heavy atom. The number of nitriles is 1. The van der Waals surface area contributed by atoms with Gasteiger partial charge in [0.2, 0.25) is 5.91 Å². The molecule has 6 nitrogen and oxygen atoms in total. The van der Waals surface area contributed by atoms with Crippen molar-refractivity contribution in [1.82, 2.24) is 4.90 Å². The van der Waals surface area contributed by atoms with Crippen LogP contribution in [0, 0.1) is 11.3 Å². The minimum atomic E-state index is -0.294. The summed E-state index contributed by atoms with van der Waals surface area (Å²) in [6, 6.07) is 15.9. The van der Waals surface area contributed by atoms with Crippen molar-refractivity contribution in [3.8, 4) is 11.8 Å². The standard InChI is InChI=1S/C22H23N3O3/c1-3-25(4-2)22(27)18-6-5-7-19(16-18)24-21(26)13-10-17-8-11-20(12-9-17)28-15-14-23/h5-13,16H,3-4,15H2,1-2H3,(H,24,26)/b13-10+. The van der Waals surface area contributed by atoms with E-state index in [1.54, 1.807) is 59.5 Å². The molecule has 0 bridgehead atoms. The average molecular weight is 377 g/mol. The second kappa shape index (κ2) is 10.5. The highest BCUT2D eigenvalue weighted by atomic mass is 16.5. The fourth-order valence-corrected chi connectivity index (χ4v) is 2.57. The molecule has 1 N–H and O–H groups in total. The quantitative estimate of drug-likeness (QED) is 0.711. The van der Waals surface area contributed by atoms with E-state index in [-0.39, 0.29) is 18.4 Å². The third kappa shape index (κ3) is 5.99. The zero-order chi connectivity index (χ0) is 20.4. The van der Waals surface area contributed by atoms with Gasteiger partial charge in [-0.1, -0.05) is 18.2 Å². The van der Waals surface area contributed by atoms with Crippen molar-refractivity contribution in [3.63, 3.8) is 0 Å². The molecule has 0 radical (unpaired) electrons. The number of amides is 2. The highest BCUT2D eigenvalue weighted by Crippen LogP contribution is 2.15. The predicted octanol–water partition coefficient (Wildman–Crippen LogP) is 3.72. The topological polar surface area (TPSA) is 82.4 Å². The third-order valence-electron chi connectivity index (χ3n) is 4.04. The SMILES string of the molecule is CCN(CC)C(=O)c1cccc(NC(=O)/C=C/c2ccc(OCC#N)cc2)c1. The summed E-state index contributed by atoms with van der Waals surface area (Å²) in [7, 11) is 0. The van der Waals surface area contributed by atoms with Crippen LogP contribution in [0.2, 0.25) is 0 Å². The fourth-order valence-electron chi connectivity index (χ4n) is 2.57. The first kappa shape index (κ1) is 20.7. The Hall–Kier alpha value is -3.59. The Kier molecular flexibility index (Phi) is 7.79. The van der Waals surface area contributed by atoms with Crippen LogP contribution in [0.5, 0.6) is 5.75 Å². The Bertz CT molecular complexity index is 879. The molecule has 0 spiro atoms. The van der Waals surface area contributed by atoms with E-state index in [0.717, 1.165) is 5.56 Å². The van der Waals surface area contributed by atoms with Crippen LogP contribution in [0.3, 0.4) is 0 Å². The summed E-state index contributed by atoms with van der Waals surface area (Å²) < 4.78 is 5.18. The summed E-state index contributed by atoms with van der Waals surface area (Å²) in [5.74, 6) is 0.241. The van der Waals surface area contributed by atoms with E-state index in [1.807, 2.05) is 19.9 Å². The number of nitrogens with zero attached hydrogens (tertiary/aromatic N) is 2. The molecule has 6 heteroatoms. The number of rotatable bonds is 8. The van der Waals surface area contributed by atoms with Crippen molar-refractivity contribution in [2.24, 2.45) is 0 Å². The van der Waals surface area contributed by atoms with E-state index >= 15 is 0 Å². The van der Waals surface area contributed by atoms with Gasteiger partial charge in [0.15, 0.2) is 6.61 Å². The highest BCUT2D eigenvalue weighted by molar-refractivity contribution is 6.03. The fraction of sp³-hybridized carbons (Fsp3) is 0.227. The number of hydrogen-bond donors (Lipinski definition) is 1. The molecule has 0 aliphatic rings. The van der Waals surface area contributed by atoms with Gasteiger partial charge in [-0.3, -0.25) is 9.59 Å². The van der Waals surface area contributed by atoms with Crippen molar-refractivity contribution in [3.05, 3.63) is 65.7 Å². The van der Waals surface area contributed by atoms with E-state index < -0.39 is 0 Å². The van der Waals surface area contributed by atoms with Gasteiger partial charge in [0, 0.05) is 30.4 Å². The molecule has 144 valence electrons. The number of nitrogens with one attached hydrogen (secondary N) is 1. The van der Waals surface area contributed by atoms with Gasteiger partial charge in [0.1, 0.15) is 11.8 Å². The van der Waals surface area contributed by atoms with Crippen LogP contribution in [0.1, 0.15) is 29.8 Å². The molecule has 0 aromatic heterocycles. The number of ether oxygens (including phenoxy) is 1. The van der Waals surface area contributed by atoms with Crippen LogP contribution < -0.4 is 10.1 Å². The molecule has 2 aromatic rings. The van der Waals surface area contributed by atoms with Crippen molar-refractivity contribution in [1.29, 1.82) is 5.26 Å². The van der Waals surface area contributed by atoms with Crippen LogP contribution in [-0.4, -0.2) is 36.4 Å². The number of benzene rings is 2. The van der Waals surface area contributed by atoms with Crippen molar-refractivity contribution in [2.45, 2.75) is 13.8 Å². The second-order valence-electron chi connectivity index (χ2n) is 5.90. The summed E-state index contributed by atoms with van der Waals surface area (Å²) in [5.41, 5.74) is 1.93. The lowest BCUT2D eigenvalue weighted by Crippen LogP contribution is -2.30. The molecule has 0 aliphatic heterocycles. The largest absolute Gasteiger partial charge is 0.479 e. The van der Waals surface area contributed by atoms with Gasteiger partial charge in [-0.25, -0.2) is 0 Å². The van der Waals surface area contributed by atoms with Crippen LogP contribution >= 0.6 is 0 Å². The molecule has 0 saturated carbocycles. The number of carbonyl (C=O) groups is 2. The molecular weight excluding hydrogens is 354 g/mol. The number of anilines is 1. The minimum Gasteiger partial charge on any atom is -0.479 e.